The second-order valence-corrected chi connectivity index (χ2v) is 4.62. The molecule has 1 aromatic carbocycles. The van der Waals surface area contributed by atoms with Crippen LogP contribution in [0, 0.1) is 0 Å². The van der Waals surface area contributed by atoms with Gasteiger partial charge in [0.2, 0.25) is 0 Å². The normalized spacial score (nSPS) is 24.8. The van der Waals surface area contributed by atoms with E-state index in [4.69, 9.17) is 10.5 Å². The molecule has 3 nitrogen and oxygen atoms in total. The molecule has 1 unspecified atom stereocenters. The fraction of sp³-hybridized carbons (Fsp3) is 0.364. The molecule has 0 radical (unpaired) electrons. The van der Waals surface area contributed by atoms with Crippen molar-refractivity contribution >= 4 is 17.8 Å². The summed E-state index contributed by atoms with van der Waals surface area (Å²) in [5.41, 5.74) is 6.35. The van der Waals surface area contributed by atoms with E-state index in [1.165, 1.54) is 4.90 Å². The lowest BCUT2D eigenvalue weighted by atomic mass is 9.94. The molecule has 1 heterocycles. The Morgan fingerprint density at radius 2 is 2.07 bits per heavy atom. The van der Waals surface area contributed by atoms with E-state index in [0.717, 1.165) is 5.56 Å². The molecule has 1 atom stereocenters. The van der Waals surface area contributed by atoms with E-state index in [2.05, 4.69) is 35.5 Å². The third-order valence-electron chi connectivity index (χ3n) is 2.57. The number of hydrogen-bond acceptors (Lipinski definition) is 4. The average Bonchev–Trinajstić information content (AvgIpc) is 2.60. The minimum atomic E-state index is -0.318. The van der Waals surface area contributed by atoms with Crippen molar-refractivity contribution in [3.05, 3.63) is 29.8 Å². The van der Waals surface area contributed by atoms with E-state index in [0.29, 0.717) is 6.61 Å². The van der Waals surface area contributed by atoms with Crippen molar-refractivity contribution in [3.8, 4) is 0 Å². The molecule has 0 saturated heterocycles. The second kappa shape index (κ2) is 3.77. The lowest BCUT2D eigenvalue weighted by Crippen LogP contribution is -2.20. The van der Waals surface area contributed by atoms with E-state index in [1.54, 1.807) is 11.8 Å². The van der Waals surface area contributed by atoms with Gasteiger partial charge in [-0.3, -0.25) is 0 Å². The molecule has 0 spiro atoms. The van der Waals surface area contributed by atoms with Crippen LogP contribution in [0.2, 0.25) is 0 Å². The van der Waals surface area contributed by atoms with Gasteiger partial charge in [0, 0.05) is 4.90 Å². The first-order valence-corrected chi connectivity index (χ1v) is 5.99. The number of nitrogens with two attached hydrogens (primary N) is 1. The van der Waals surface area contributed by atoms with Gasteiger partial charge in [0.15, 0.2) is 0 Å². The first-order valence-electron chi connectivity index (χ1n) is 4.77. The largest absolute Gasteiger partial charge is 0.462 e. The van der Waals surface area contributed by atoms with Crippen LogP contribution in [0.5, 0.6) is 0 Å². The molecule has 15 heavy (non-hydrogen) atoms. The Balaban J connectivity index is 2.30. The molecule has 80 valence electrons. The first-order chi connectivity index (χ1) is 7.14. The Bertz CT molecular complexity index is 388. The maximum Gasteiger partial charge on any atom is 0.283 e. The van der Waals surface area contributed by atoms with Crippen LogP contribution in [0.4, 0.5) is 0 Å². The Morgan fingerprint density at radius 3 is 2.53 bits per heavy atom. The summed E-state index contributed by atoms with van der Waals surface area (Å²) in [5.74, 6) is 0. The van der Waals surface area contributed by atoms with Crippen molar-refractivity contribution in [1.29, 1.82) is 0 Å². The van der Waals surface area contributed by atoms with Crippen molar-refractivity contribution in [1.82, 2.24) is 0 Å². The minimum Gasteiger partial charge on any atom is -0.462 e. The quantitative estimate of drug-likeness (QED) is 0.778. The van der Waals surface area contributed by atoms with Gasteiger partial charge < -0.3 is 10.5 Å². The van der Waals surface area contributed by atoms with Crippen LogP contribution >= 0.6 is 11.8 Å². The molecule has 0 aromatic heterocycles. The summed E-state index contributed by atoms with van der Waals surface area (Å²) in [6.45, 7) is 2.55. The van der Waals surface area contributed by atoms with E-state index in [9.17, 15) is 0 Å². The fourth-order valence-electron chi connectivity index (χ4n) is 1.62. The predicted molar refractivity (Wildman–Crippen MR) is 63.1 cm³/mol. The van der Waals surface area contributed by atoms with Crippen molar-refractivity contribution in [2.45, 2.75) is 17.4 Å². The van der Waals surface area contributed by atoms with E-state index in [-0.39, 0.29) is 11.6 Å². The molecule has 2 N–H and O–H groups in total. The van der Waals surface area contributed by atoms with Crippen LogP contribution < -0.4 is 5.73 Å². The smallest absolute Gasteiger partial charge is 0.283 e. The summed E-state index contributed by atoms with van der Waals surface area (Å²) in [7, 11) is 0. The number of benzene rings is 1. The summed E-state index contributed by atoms with van der Waals surface area (Å²) < 4.78 is 5.20. The number of nitrogens with zero attached hydrogens (tertiary/aromatic N) is 1. The zero-order valence-electron chi connectivity index (χ0n) is 8.86. The predicted octanol–water partition coefficient (Wildman–Crippen LogP) is 1.97. The zero-order valence-corrected chi connectivity index (χ0v) is 9.67. The maximum atomic E-state index is 5.53. The topological polar surface area (TPSA) is 47.6 Å². The monoisotopic (exact) mass is 222 g/mol. The van der Waals surface area contributed by atoms with Gasteiger partial charge >= 0.3 is 0 Å². The lowest BCUT2D eigenvalue weighted by Gasteiger charge is -2.18. The van der Waals surface area contributed by atoms with Crippen LogP contribution in [-0.4, -0.2) is 18.9 Å². The molecule has 1 aliphatic rings. The highest BCUT2D eigenvalue weighted by Gasteiger charge is 2.32. The average molecular weight is 222 g/mol. The van der Waals surface area contributed by atoms with Gasteiger partial charge in [0.1, 0.15) is 12.1 Å². The summed E-state index contributed by atoms with van der Waals surface area (Å²) >= 11 is 1.73. The Labute approximate surface area is 93.7 Å². The maximum absolute atomic E-state index is 5.53. The van der Waals surface area contributed by atoms with Gasteiger partial charge in [-0.25, -0.2) is 4.99 Å². The first kappa shape index (κ1) is 10.4. The SMILES string of the molecule is CSc1ccc(C2(C)COC(N)=N2)cc1. The molecule has 1 aliphatic heterocycles. The molecule has 0 saturated carbocycles. The third-order valence-corrected chi connectivity index (χ3v) is 3.31. The van der Waals surface area contributed by atoms with E-state index in [1.807, 2.05) is 6.92 Å². The number of aliphatic imine (C=N–C) groups is 1. The Kier molecular flexibility index (Phi) is 2.61. The standard InChI is InChI=1S/C11H14N2OS/c1-11(7-14-10(12)13-11)8-3-5-9(15-2)6-4-8/h3-6H,7H2,1-2H3,(H2,12,13). The molecule has 2 rings (SSSR count). The van der Waals surface area contributed by atoms with Crippen LogP contribution in [0.1, 0.15) is 12.5 Å². The number of thioether (sulfide) groups is 1. The molecule has 4 heteroatoms. The van der Waals surface area contributed by atoms with E-state index < -0.39 is 0 Å². The van der Waals surface area contributed by atoms with Crippen molar-refractivity contribution < 1.29 is 4.74 Å². The van der Waals surface area contributed by atoms with Gasteiger partial charge in [-0.2, -0.15) is 0 Å². The highest BCUT2D eigenvalue weighted by Crippen LogP contribution is 2.30. The Hall–Kier alpha value is -1.16. The van der Waals surface area contributed by atoms with Crippen molar-refractivity contribution in [2.75, 3.05) is 12.9 Å². The zero-order chi connectivity index (χ0) is 10.9. The second-order valence-electron chi connectivity index (χ2n) is 3.74. The fourth-order valence-corrected chi connectivity index (χ4v) is 2.03. The highest BCUT2D eigenvalue weighted by molar-refractivity contribution is 7.98. The van der Waals surface area contributed by atoms with Crippen LogP contribution in [0.25, 0.3) is 0 Å². The summed E-state index contributed by atoms with van der Waals surface area (Å²) in [4.78, 5) is 5.56. The van der Waals surface area contributed by atoms with Gasteiger partial charge in [-0.1, -0.05) is 12.1 Å². The molecule has 0 amide bonds. The molecular formula is C11H14N2OS. The third kappa shape index (κ3) is 1.95. The highest BCUT2D eigenvalue weighted by atomic mass is 32.2. The van der Waals surface area contributed by atoms with Gasteiger partial charge in [-0.15, -0.1) is 11.8 Å². The molecular weight excluding hydrogens is 208 g/mol. The minimum absolute atomic E-state index is 0.284. The van der Waals surface area contributed by atoms with E-state index >= 15 is 0 Å². The summed E-state index contributed by atoms with van der Waals surface area (Å²) in [6, 6.07) is 8.63. The van der Waals surface area contributed by atoms with Gasteiger partial charge in [0.25, 0.3) is 6.02 Å². The Morgan fingerprint density at radius 1 is 1.40 bits per heavy atom. The lowest BCUT2D eigenvalue weighted by molar-refractivity contribution is 0.266. The van der Waals surface area contributed by atoms with Gasteiger partial charge in [0.05, 0.1) is 0 Å². The molecule has 0 fully saturated rings. The molecule has 1 aromatic rings. The van der Waals surface area contributed by atoms with Crippen molar-refractivity contribution in [2.24, 2.45) is 10.7 Å². The number of amidine groups is 1. The summed E-state index contributed by atoms with van der Waals surface area (Å²) in [6.07, 6.45) is 2.06. The molecule has 0 aliphatic carbocycles. The number of ether oxygens (including phenoxy) is 1. The molecule has 0 bridgehead atoms. The van der Waals surface area contributed by atoms with Crippen LogP contribution in [0.3, 0.4) is 0 Å². The van der Waals surface area contributed by atoms with Gasteiger partial charge in [-0.05, 0) is 30.9 Å². The summed E-state index contributed by atoms with van der Waals surface area (Å²) in [5, 5.41) is 0. The van der Waals surface area contributed by atoms with Crippen LogP contribution in [-0.2, 0) is 10.3 Å². The van der Waals surface area contributed by atoms with Crippen molar-refractivity contribution in [3.63, 3.8) is 0 Å². The number of hydrogen-bond donors (Lipinski definition) is 1. The van der Waals surface area contributed by atoms with Crippen LogP contribution in [0.15, 0.2) is 34.2 Å². The number of rotatable bonds is 2.